The monoisotopic (exact) mass is 588 g/mol. The van der Waals surface area contributed by atoms with Crippen LogP contribution in [0.3, 0.4) is 0 Å². The third-order valence-corrected chi connectivity index (χ3v) is 5.56. The van der Waals surface area contributed by atoms with Gasteiger partial charge in [0.2, 0.25) is 11.8 Å². The molecular formula is C25H37IN2O6. The Morgan fingerprint density at radius 1 is 0.941 bits per heavy atom. The van der Waals surface area contributed by atoms with E-state index < -0.39 is 23.6 Å². The van der Waals surface area contributed by atoms with E-state index in [0.29, 0.717) is 32.2 Å². The average molecular weight is 588 g/mol. The SMILES string of the molecule is CC(C)(C)OC(=O)[C@H](CCCCNC(=O)CCCc1ccc(I)cc1)NC(=O)CCCC(=O)O. The van der Waals surface area contributed by atoms with Gasteiger partial charge in [0.25, 0.3) is 0 Å². The Balaban J connectivity index is 2.35. The van der Waals surface area contributed by atoms with Gasteiger partial charge in [0.1, 0.15) is 11.6 Å². The topological polar surface area (TPSA) is 122 Å². The molecule has 190 valence electrons. The number of nitrogens with one attached hydrogen (secondary N) is 2. The number of benzene rings is 1. The minimum absolute atomic E-state index is 0.000868. The van der Waals surface area contributed by atoms with E-state index in [1.54, 1.807) is 20.8 Å². The van der Waals surface area contributed by atoms with Crippen molar-refractivity contribution in [2.24, 2.45) is 0 Å². The number of ether oxygens (including phenoxy) is 1. The fourth-order valence-corrected chi connectivity index (χ4v) is 3.54. The third kappa shape index (κ3) is 14.9. The number of hydrogen-bond donors (Lipinski definition) is 3. The number of rotatable bonds is 15. The molecule has 0 spiro atoms. The van der Waals surface area contributed by atoms with Crippen LogP contribution in [0.5, 0.6) is 0 Å². The van der Waals surface area contributed by atoms with E-state index in [0.717, 1.165) is 12.8 Å². The van der Waals surface area contributed by atoms with Gasteiger partial charge in [-0.15, -0.1) is 0 Å². The molecule has 1 aromatic rings. The van der Waals surface area contributed by atoms with Gasteiger partial charge in [-0.05, 0) is 99.6 Å². The van der Waals surface area contributed by atoms with E-state index in [2.05, 4.69) is 57.5 Å². The third-order valence-electron chi connectivity index (χ3n) is 4.85. The Morgan fingerprint density at radius 2 is 1.59 bits per heavy atom. The van der Waals surface area contributed by atoms with Crippen LogP contribution in [-0.4, -0.2) is 47.0 Å². The lowest BCUT2D eigenvalue weighted by atomic mass is 10.1. The lowest BCUT2D eigenvalue weighted by Crippen LogP contribution is -2.44. The fraction of sp³-hybridized carbons (Fsp3) is 0.600. The molecule has 0 saturated carbocycles. The van der Waals surface area contributed by atoms with Gasteiger partial charge in [0.05, 0.1) is 0 Å². The van der Waals surface area contributed by atoms with Crippen molar-refractivity contribution in [3.05, 3.63) is 33.4 Å². The molecule has 0 aliphatic heterocycles. The summed E-state index contributed by atoms with van der Waals surface area (Å²) in [4.78, 5) is 47.3. The van der Waals surface area contributed by atoms with Gasteiger partial charge in [-0.2, -0.15) is 0 Å². The molecule has 0 bridgehead atoms. The Labute approximate surface area is 215 Å². The minimum Gasteiger partial charge on any atom is -0.481 e. The van der Waals surface area contributed by atoms with E-state index in [9.17, 15) is 19.2 Å². The van der Waals surface area contributed by atoms with E-state index in [-0.39, 0.29) is 31.1 Å². The van der Waals surface area contributed by atoms with Crippen molar-refractivity contribution in [1.29, 1.82) is 0 Å². The molecule has 3 N–H and O–H groups in total. The van der Waals surface area contributed by atoms with E-state index in [1.165, 1.54) is 9.13 Å². The quantitative estimate of drug-likeness (QED) is 0.162. The van der Waals surface area contributed by atoms with Crippen molar-refractivity contribution < 1.29 is 29.0 Å². The second-order valence-corrected chi connectivity index (χ2v) is 10.5. The first-order valence-electron chi connectivity index (χ1n) is 11.7. The van der Waals surface area contributed by atoms with Crippen LogP contribution in [0.15, 0.2) is 24.3 Å². The summed E-state index contributed by atoms with van der Waals surface area (Å²) in [7, 11) is 0. The molecule has 1 aromatic carbocycles. The summed E-state index contributed by atoms with van der Waals surface area (Å²) < 4.78 is 6.59. The van der Waals surface area contributed by atoms with E-state index in [4.69, 9.17) is 9.84 Å². The second kappa shape index (κ2) is 15.7. The molecule has 0 unspecified atom stereocenters. The molecule has 9 heteroatoms. The van der Waals surface area contributed by atoms with Gasteiger partial charge in [-0.3, -0.25) is 14.4 Å². The number of aliphatic carboxylic acids is 1. The predicted octanol–water partition coefficient (Wildman–Crippen LogP) is 3.98. The van der Waals surface area contributed by atoms with Gasteiger partial charge in [0.15, 0.2) is 0 Å². The Bertz CT molecular complexity index is 805. The van der Waals surface area contributed by atoms with Gasteiger partial charge in [-0.1, -0.05) is 12.1 Å². The van der Waals surface area contributed by atoms with Crippen LogP contribution in [0.4, 0.5) is 0 Å². The summed E-state index contributed by atoms with van der Waals surface area (Å²) in [6.45, 7) is 5.76. The number of carboxylic acids is 1. The van der Waals surface area contributed by atoms with Crippen molar-refractivity contribution in [3.8, 4) is 0 Å². The van der Waals surface area contributed by atoms with Crippen LogP contribution in [0.25, 0.3) is 0 Å². The second-order valence-electron chi connectivity index (χ2n) is 9.23. The molecule has 0 fully saturated rings. The number of amides is 2. The molecular weight excluding hydrogens is 551 g/mol. The molecule has 1 rings (SSSR count). The molecule has 0 heterocycles. The molecule has 0 saturated heterocycles. The summed E-state index contributed by atoms with van der Waals surface area (Å²) in [5.74, 6) is -1.86. The number of aryl methyl sites for hydroxylation is 1. The maximum Gasteiger partial charge on any atom is 0.329 e. The lowest BCUT2D eigenvalue weighted by molar-refractivity contribution is -0.159. The molecule has 1 atom stereocenters. The van der Waals surface area contributed by atoms with Gasteiger partial charge >= 0.3 is 11.9 Å². The highest BCUT2D eigenvalue weighted by molar-refractivity contribution is 14.1. The number of carbonyl (C=O) groups excluding carboxylic acids is 3. The zero-order valence-electron chi connectivity index (χ0n) is 20.3. The maximum absolute atomic E-state index is 12.5. The molecule has 0 aromatic heterocycles. The summed E-state index contributed by atoms with van der Waals surface area (Å²) in [5.41, 5.74) is 0.529. The van der Waals surface area contributed by atoms with Crippen LogP contribution in [0, 0.1) is 3.57 Å². The van der Waals surface area contributed by atoms with E-state index in [1.807, 2.05) is 0 Å². The van der Waals surface area contributed by atoms with Crippen LogP contribution < -0.4 is 10.6 Å². The van der Waals surface area contributed by atoms with E-state index >= 15 is 0 Å². The first kappa shape index (κ1) is 29.9. The molecule has 0 aliphatic rings. The Kier molecular flexibility index (Phi) is 13.8. The highest BCUT2D eigenvalue weighted by Gasteiger charge is 2.26. The van der Waals surface area contributed by atoms with Crippen LogP contribution in [0.1, 0.15) is 77.7 Å². The first-order chi connectivity index (χ1) is 16.0. The summed E-state index contributed by atoms with van der Waals surface area (Å²) in [6.07, 6.45) is 3.88. The number of unbranched alkanes of at least 4 members (excludes halogenated alkanes) is 1. The normalized spacial score (nSPS) is 12.0. The predicted molar refractivity (Wildman–Crippen MR) is 138 cm³/mol. The van der Waals surface area contributed by atoms with Crippen molar-refractivity contribution in [2.45, 2.75) is 90.2 Å². The number of halogens is 1. The largest absolute Gasteiger partial charge is 0.481 e. The number of esters is 1. The molecule has 0 aliphatic carbocycles. The summed E-state index contributed by atoms with van der Waals surface area (Å²) in [5, 5.41) is 14.3. The average Bonchev–Trinajstić information content (AvgIpc) is 2.72. The van der Waals surface area contributed by atoms with Crippen molar-refractivity contribution in [2.75, 3.05) is 6.54 Å². The fourth-order valence-electron chi connectivity index (χ4n) is 3.18. The lowest BCUT2D eigenvalue weighted by Gasteiger charge is -2.24. The maximum atomic E-state index is 12.5. The standard InChI is InChI=1S/C25H37IN2O6/c1-25(2,3)34-24(33)20(28-22(30)11-7-12-23(31)32)9-4-5-17-27-21(29)10-6-8-18-13-15-19(26)16-14-18/h13-16,20H,4-12,17H2,1-3H3,(H,27,29)(H,28,30)(H,31,32)/t20-/m0/s1. The number of hydrogen-bond acceptors (Lipinski definition) is 5. The van der Waals surface area contributed by atoms with Crippen molar-refractivity contribution in [1.82, 2.24) is 10.6 Å². The molecule has 0 radical (unpaired) electrons. The smallest absolute Gasteiger partial charge is 0.329 e. The number of carboxylic acid groups (broad SMARTS) is 1. The van der Waals surface area contributed by atoms with Crippen molar-refractivity contribution >= 4 is 46.3 Å². The van der Waals surface area contributed by atoms with Gasteiger partial charge < -0.3 is 20.5 Å². The first-order valence-corrected chi connectivity index (χ1v) is 12.8. The molecule has 2 amide bonds. The molecule has 34 heavy (non-hydrogen) atoms. The van der Waals surface area contributed by atoms with Gasteiger partial charge in [0, 0.05) is 29.4 Å². The van der Waals surface area contributed by atoms with Crippen LogP contribution in [0.2, 0.25) is 0 Å². The highest BCUT2D eigenvalue weighted by Crippen LogP contribution is 2.12. The Morgan fingerprint density at radius 3 is 2.21 bits per heavy atom. The zero-order chi connectivity index (χ0) is 25.6. The van der Waals surface area contributed by atoms with Crippen molar-refractivity contribution in [3.63, 3.8) is 0 Å². The zero-order valence-corrected chi connectivity index (χ0v) is 22.5. The van der Waals surface area contributed by atoms with Gasteiger partial charge in [-0.25, -0.2) is 4.79 Å². The highest BCUT2D eigenvalue weighted by atomic mass is 127. The van der Waals surface area contributed by atoms with Crippen LogP contribution in [-0.2, 0) is 30.3 Å². The molecule has 8 nitrogen and oxygen atoms in total. The summed E-state index contributed by atoms with van der Waals surface area (Å²) >= 11 is 2.26. The minimum atomic E-state index is -0.964. The number of carbonyl (C=O) groups is 4. The summed E-state index contributed by atoms with van der Waals surface area (Å²) in [6, 6.07) is 7.45. The Hall–Kier alpha value is -2.17. The van der Waals surface area contributed by atoms with Crippen LogP contribution >= 0.6 is 22.6 Å².